The number of nitrogens with two attached hydrogens (primary N) is 1. The van der Waals surface area contributed by atoms with Crippen LogP contribution in [-0.2, 0) is 20.0 Å². The number of aromatic nitrogens is 4. The van der Waals surface area contributed by atoms with E-state index in [2.05, 4.69) is 15.5 Å². The summed E-state index contributed by atoms with van der Waals surface area (Å²) in [6, 6.07) is 5.97. The molecule has 0 aliphatic heterocycles. The number of benzene rings is 1. The van der Waals surface area contributed by atoms with Crippen LogP contribution in [0.2, 0.25) is 0 Å². The fourth-order valence-electron chi connectivity index (χ4n) is 2.85. The second-order valence-corrected chi connectivity index (χ2v) is 6.17. The van der Waals surface area contributed by atoms with Gasteiger partial charge in [0.05, 0.1) is 17.5 Å². The van der Waals surface area contributed by atoms with Crippen molar-refractivity contribution < 1.29 is 9.18 Å². The van der Waals surface area contributed by atoms with Gasteiger partial charge in [0, 0.05) is 20.0 Å². The number of hydrogen-bond acceptors (Lipinski definition) is 5. The van der Waals surface area contributed by atoms with Crippen LogP contribution in [0.1, 0.15) is 28.5 Å². The van der Waals surface area contributed by atoms with Crippen molar-refractivity contribution in [1.29, 1.82) is 0 Å². The first-order chi connectivity index (χ1) is 13.3. The first-order valence-corrected chi connectivity index (χ1v) is 8.50. The number of anilines is 2. The summed E-state index contributed by atoms with van der Waals surface area (Å²) >= 11 is 0. The van der Waals surface area contributed by atoms with E-state index in [1.165, 1.54) is 25.4 Å². The number of nitrogens with one attached hydrogen (secondary N) is 2. The third-order valence-electron chi connectivity index (χ3n) is 4.38. The number of halogens is 1. The van der Waals surface area contributed by atoms with Crippen LogP contribution in [0, 0.1) is 5.82 Å². The molecule has 3 rings (SSSR count). The summed E-state index contributed by atoms with van der Waals surface area (Å²) in [6.07, 6.45) is 1.54. The van der Waals surface area contributed by atoms with Gasteiger partial charge in [-0.15, -0.1) is 0 Å². The maximum atomic E-state index is 13.4. The molecular weight excluding hydrogens is 367 g/mol. The average molecular weight is 386 g/mol. The summed E-state index contributed by atoms with van der Waals surface area (Å²) in [5, 5.41) is 9.04. The number of H-pyrrole nitrogens is 1. The smallest absolute Gasteiger partial charge is 0.332 e. The Balaban J connectivity index is 1.94. The normalized spacial score (nSPS) is 10.8. The Bertz CT molecular complexity index is 1160. The molecule has 10 heteroatoms. The summed E-state index contributed by atoms with van der Waals surface area (Å²) in [5.41, 5.74) is 5.68. The molecule has 28 heavy (non-hydrogen) atoms. The molecule has 0 aliphatic rings. The van der Waals surface area contributed by atoms with E-state index in [-0.39, 0.29) is 35.9 Å². The van der Waals surface area contributed by atoms with Crippen molar-refractivity contribution in [2.75, 3.05) is 11.1 Å². The van der Waals surface area contributed by atoms with Gasteiger partial charge in [-0.2, -0.15) is 5.10 Å². The Hall–Kier alpha value is -3.69. The Kier molecular flexibility index (Phi) is 5.12. The Morgan fingerprint density at radius 3 is 2.79 bits per heavy atom. The van der Waals surface area contributed by atoms with E-state index in [0.29, 0.717) is 11.3 Å². The summed E-state index contributed by atoms with van der Waals surface area (Å²) in [4.78, 5) is 37.3. The Labute approximate surface area is 158 Å². The van der Waals surface area contributed by atoms with Crippen LogP contribution in [0.25, 0.3) is 0 Å². The van der Waals surface area contributed by atoms with E-state index >= 15 is 0 Å². The van der Waals surface area contributed by atoms with Gasteiger partial charge in [0.25, 0.3) is 11.5 Å². The second-order valence-electron chi connectivity index (χ2n) is 6.17. The van der Waals surface area contributed by atoms with Gasteiger partial charge in [-0.05, 0) is 24.6 Å². The number of hydrogen-bond donors (Lipinski definition) is 3. The van der Waals surface area contributed by atoms with Crippen LogP contribution in [0.3, 0.4) is 0 Å². The third kappa shape index (κ3) is 3.43. The third-order valence-corrected chi connectivity index (χ3v) is 4.38. The SMILES string of the molecule is CCn1c(=O)c(NC(=O)c2cn[nH]c2Cc2cccc(F)c2)c(N)n(C)c1=O. The summed E-state index contributed by atoms with van der Waals surface area (Å²) < 4.78 is 15.4. The predicted octanol–water partition coefficient (Wildman–Crippen LogP) is 0.854. The van der Waals surface area contributed by atoms with Crippen LogP contribution >= 0.6 is 0 Å². The second kappa shape index (κ2) is 7.51. The molecule has 3 aromatic rings. The van der Waals surface area contributed by atoms with Crippen molar-refractivity contribution >= 4 is 17.4 Å². The summed E-state index contributed by atoms with van der Waals surface area (Å²) in [5.74, 6) is -1.16. The number of nitrogens with zero attached hydrogens (tertiary/aromatic N) is 3. The van der Waals surface area contributed by atoms with Crippen molar-refractivity contribution in [3.63, 3.8) is 0 Å². The molecule has 0 atom stereocenters. The lowest BCUT2D eigenvalue weighted by molar-refractivity contribution is 0.102. The zero-order valence-electron chi connectivity index (χ0n) is 15.3. The van der Waals surface area contributed by atoms with E-state index in [0.717, 1.165) is 9.13 Å². The van der Waals surface area contributed by atoms with E-state index in [4.69, 9.17) is 5.73 Å². The zero-order valence-corrected chi connectivity index (χ0v) is 15.3. The van der Waals surface area contributed by atoms with Crippen molar-refractivity contribution in [3.8, 4) is 0 Å². The number of aromatic amines is 1. The van der Waals surface area contributed by atoms with Crippen LogP contribution in [0.15, 0.2) is 40.1 Å². The van der Waals surface area contributed by atoms with Gasteiger partial charge in [0.2, 0.25) is 0 Å². The maximum Gasteiger partial charge on any atom is 0.332 e. The minimum Gasteiger partial charge on any atom is -0.383 e. The van der Waals surface area contributed by atoms with Crippen LogP contribution in [-0.4, -0.2) is 25.2 Å². The summed E-state index contributed by atoms with van der Waals surface area (Å²) in [6.45, 7) is 1.77. The number of carbonyl (C=O) groups is 1. The van der Waals surface area contributed by atoms with Crippen LogP contribution in [0.5, 0.6) is 0 Å². The lowest BCUT2D eigenvalue weighted by Gasteiger charge is -2.13. The highest BCUT2D eigenvalue weighted by molar-refractivity contribution is 6.06. The first kappa shape index (κ1) is 19.1. The Morgan fingerprint density at radius 2 is 2.11 bits per heavy atom. The minimum atomic E-state index is -0.688. The van der Waals surface area contributed by atoms with Crippen LogP contribution in [0.4, 0.5) is 15.9 Å². The van der Waals surface area contributed by atoms with E-state index in [1.807, 2.05) is 0 Å². The van der Waals surface area contributed by atoms with Gasteiger partial charge in [-0.3, -0.25) is 23.8 Å². The fraction of sp³-hybridized carbons (Fsp3) is 0.222. The van der Waals surface area contributed by atoms with Gasteiger partial charge in [0.1, 0.15) is 17.3 Å². The Morgan fingerprint density at radius 1 is 1.36 bits per heavy atom. The molecule has 1 amide bonds. The number of rotatable bonds is 5. The average Bonchev–Trinajstić information content (AvgIpc) is 3.12. The van der Waals surface area contributed by atoms with Gasteiger partial charge < -0.3 is 11.1 Å². The molecule has 0 fully saturated rings. The molecule has 0 spiro atoms. The molecule has 2 heterocycles. The molecule has 9 nitrogen and oxygen atoms in total. The van der Waals surface area contributed by atoms with Crippen molar-refractivity contribution in [2.24, 2.45) is 7.05 Å². The largest absolute Gasteiger partial charge is 0.383 e. The molecule has 0 unspecified atom stereocenters. The van der Waals surface area contributed by atoms with Gasteiger partial charge in [-0.25, -0.2) is 9.18 Å². The van der Waals surface area contributed by atoms with Gasteiger partial charge in [-0.1, -0.05) is 12.1 Å². The zero-order chi connectivity index (χ0) is 20.4. The molecule has 0 bridgehead atoms. The fourth-order valence-corrected chi connectivity index (χ4v) is 2.85. The monoisotopic (exact) mass is 386 g/mol. The minimum absolute atomic E-state index is 0.130. The number of nitrogen functional groups attached to an aromatic ring is 1. The lowest BCUT2D eigenvalue weighted by atomic mass is 10.1. The molecule has 0 radical (unpaired) electrons. The molecular formula is C18H19FN6O3. The van der Waals surface area contributed by atoms with Crippen LogP contribution < -0.4 is 22.3 Å². The van der Waals surface area contributed by atoms with Gasteiger partial charge in [0.15, 0.2) is 0 Å². The maximum absolute atomic E-state index is 13.4. The molecule has 0 aliphatic carbocycles. The topological polar surface area (TPSA) is 128 Å². The highest BCUT2D eigenvalue weighted by Crippen LogP contribution is 2.16. The first-order valence-electron chi connectivity index (χ1n) is 8.50. The number of amides is 1. The molecule has 0 saturated carbocycles. The van der Waals surface area contributed by atoms with E-state index in [1.54, 1.807) is 19.1 Å². The van der Waals surface area contributed by atoms with Crippen molar-refractivity contribution in [3.05, 3.63) is 73.9 Å². The lowest BCUT2D eigenvalue weighted by Crippen LogP contribution is -2.41. The number of carbonyl (C=O) groups excluding carboxylic acids is 1. The standard InChI is InChI=1S/C18H19FN6O3/c1-3-25-17(27)14(15(20)24(2)18(25)28)22-16(26)12-9-21-23-13(12)8-10-5-4-6-11(19)7-10/h4-7,9H,3,8,20H2,1-2H3,(H,21,23)(H,22,26). The molecule has 2 aromatic heterocycles. The predicted molar refractivity (Wildman–Crippen MR) is 102 cm³/mol. The quantitative estimate of drug-likeness (QED) is 0.599. The van der Waals surface area contributed by atoms with Crippen molar-refractivity contribution in [2.45, 2.75) is 19.9 Å². The summed E-state index contributed by atoms with van der Waals surface area (Å²) in [7, 11) is 1.41. The highest BCUT2D eigenvalue weighted by atomic mass is 19.1. The molecule has 4 N–H and O–H groups in total. The molecule has 146 valence electrons. The van der Waals surface area contributed by atoms with Crippen molar-refractivity contribution in [1.82, 2.24) is 19.3 Å². The highest BCUT2D eigenvalue weighted by Gasteiger charge is 2.20. The molecule has 1 aromatic carbocycles. The molecule has 0 saturated heterocycles. The van der Waals surface area contributed by atoms with E-state index in [9.17, 15) is 18.8 Å². The van der Waals surface area contributed by atoms with Gasteiger partial charge >= 0.3 is 5.69 Å². The van der Waals surface area contributed by atoms with E-state index < -0.39 is 17.2 Å².